The van der Waals surface area contributed by atoms with E-state index in [1.165, 1.54) is 4.90 Å². The molecule has 0 bridgehead atoms. The summed E-state index contributed by atoms with van der Waals surface area (Å²) < 4.78 is 0. The molecule has 1 aromatic carbocycles. The van der Waals surface area contributed by atoms with Gasteiger partial charge in [-0.2, -0.15) is 0 Å². The number of carbonyl (C=O) groups is 3. The zero-order chi connectivity index (χ0) is 19.1. The number of nitrogens with one attached hydrogen (secondary N) is 1. The lowest BCUT2D eigenvalue weighted by Crippen LogP contribution is -2.41. The first-order valence-electron chi connectivity index (χ1n) is 8.14. The predicted octanol–water partition coefficient (Wildman–Crippen LogP) is 1.65. The van der Waals surface area contributed by atoms with Gasteiger partial charge in [0.05, 0.1) is 5.92 Å². The van der Waals surface area contributed by atoms with Crippen molar-refractivity contribution < 1.29 is 24.6 Å². The van der Waals surface area contributed by atoms with Crippen molar-refractivity contribution >= 4 is 17.8 Å². The summed E-state index contributed by atoms with van der Waals surface area (Å²) in [6, 6.07) is 5.55. The summed E-state index contributed by atoms with van der Waals surface area (Å²) in [6.07, 6.45) is 0.415. The highest BCUT2D eigenvalue weighted by Crippen LogP contribution is 2.18. The first kappa shape index (κ1) is 20.6. The molecular formula is C18H26N2O5. The Balaban J connectivity index is 2.88. The van der Waals surface area contributed by atoms with Crippen molar-refractivity contribution in [1.29, 1.82) is 0 Å². The SMILES string of the molecule is CC(C)CC(NCC(C(=O)O)c1ccc(C(=O)N(C)C)cc1)C(=O)O. The summed E-state index contributed by atoms with van der Waals surface area (Å²) in [5.74, 6) is -2.93. The Hall–Kier alpha value is -2.41. The molecule has 138 valence electrons. The molecule has 7 nitrogen and oxygen atoms in total. The number of nitrogens with zero attached hydrogens (tertiary/aromatic N) is 1. The quantitative estimate of drug-likeness (QED) is 0.625. The molecule has 7 heteroatoms. The topological polar surface area (TPSA) is 107 Å². The van der Waals surface area contributed by atoms with Gasteiger partial charge in [0.2, 0.25) is 0 Å². The van der Waals surface area contributed by atoms with Gasteiger partial charge >= 0.3 is 11.9 Å². The van der Waals surface area contributed by atoms with Crippen molar-refractivity contribution in [3.8, 4) is 0 Å². The molecule has 1 amide bonds. The summed E-state index contributed by atoms with van der Waals surface area (Å²) >= 11 is 0. The van der Waals surface area contributed by atoms with Crippen LogP contribution in [0, 0.1) is 5.92 Å². The van der Waals surface area contributed by atoms with E-state index < -0.39 is 23.9 Å². The molecular weight excluding hydrogens is 324 g/mol. The first-order valence-corrected chi connectivity index (χ1v) is 8.14. The lowest BCUT2D eigenvalue weighted by atomic mass is 9.96. The van der Waals surface area contributed by atoms with E-state index in [1.807, 2.05) is 13.8 Å². The Morgan fingerprint density at radius 3 is 2.00 bits per heavy atom. The highest BCUT2D eigenvalue weighted by molar-refractivity contribution is 5.94. The molecule has 1 aromatic rings. The molecule has 0 heterocycles. The molecule has 0 aromatic heterocycles. The van der Waals surface area contributed by atoms with E-state index >= 15 is 0 Å². The largest absolute Gasteiger partial charge is 0.481 e. The number of carboxylic acids is 2. The third-order valence-corrected chi connectivity index (χ3v) is 3.84. The van der Waals surface area contributed by atoms with Crippen molar-refractivity contribution in [2.45, 2.75) is 32.2 Å². The molecule has 0 aliphatic carbocycles. The maximum atomic E-state index is 11.9. The molecule has 0 saturated carbocycles. The van der Waals surface area contributed by atoms with E-state index in [0.29, 0.717) is 17.5 Å². The number of hydrogen-bond acceptors (Lipinski definition) is 4. The average molecular weight is 350 g/mol. The van der Waals surface area contributed by atoms with Crippen molar-refractivity contribution in [3.63, 3.8) is 0 Å². The summed E-state index contributed by atoms with van der Waals surface area (Å²) in [5, 5.41) is 21.5. The summed E-state index contributed by atoms with van der Waals surface area (Å²) in [4.78, 5) is 36.2. The van der Waals surface area contributed by atoms with Gasteiger partial charge in [-0.25, -0.2) is 0 Å². The van der Waals surface area contributed by atoms with Crippen LogP contribution in [0.4, 0.5) is 0 Å². The van der Waals surface area contributed by atoms with E-state index in [-0.39, 0.29) is 18.4 Å². The second-order valence-corrected chi connectivity index (χ2v) is 6.64. The van der Waals surface area contributed by atoms with Crippen molar-refractivity contribution in [1.82, 2.24) is 10.2 Å². The number of aliphatic carboxylic acids is 2. The van der Waals surface area contributed by atoms with E-state index in [1.54, 1.807) is 38.4 Å². The minimum absolute atomic E-state index is 0.00000630. The van der Waals surface area contributed by atoms with Crippen LogP contribution in [0.1, 0.15) is 42.1 Å². The van der Waals surface area contributed by atoms with Gasteiger partial charge in [-0.1, -0.05) is 26.0 Å². The van der Waals surface area contributed by atoms with E-state index in [2.05, 4.69) is 5.32 Å². The van der Waals surface area contributed by atoms with Gasteiger partial charge in [0.15, 0.2) is 0 Å². The van der Waals surface area contributed by atoms with Crippen LogP contribution in [0.25, 0.3) is 0 Å². The van der Waals surface area contributed by atoms with Crippen molar-refractivity contribution in [2.75, 3.05) is 20.6 Å². The van der Waals surface area contributed by atoms with Crippen LogP contribution < -0.4 is 5.32 Å². The van der Waals surface area contributed by atoms with Crippen LogP contribution in [0.15, 0.2) is 24.3 Å². The highest BCUT2D eigenvalue weighted by Gasteiger charge is 2.24. The van der Waals surface area contributed by atoms with Crippen LogP contribution >= 0.6 is 0 Å². The Labute approximate surface area is 147 Å². The lowest BCUT2D eigenvalue weighted by Gasteiger charge is -2.20. The van der Waals surface area contributed by atoms with Gasteiger partial charge in [0.25, 0.3) is 5.91 Å². The van der Waals surface area contributed by atoms with Crippen LogP contribution in [0.2, 0.25) is 0 Å². The summed E-state index contributed by atoms with van der Waals surface area (Å²) in [6.45, 7) is 3.82. The molecule has 0 fully saturated rings. The van der Waals surface area contributed by atoms with Crippen molar-refractivity contribution in [3.05, 3.63) is 35.4 Å². The first-order chi connectivity index (χ1) is 11.6. The zero-order valence-corrected chi connectivity index (χ0v) is 15.0. The highest BCUT2D eigenvalue weighted by atomic mass is 16.4. The Morgan fingerprint density at radius 1 is 1.04 bits per heavy atom. The molecule has 0 saturated heterocycles. The fourth-order valence-electron chi connectivity index (χ4n) is 2.47. The van der Waals surface area contributed by atoms with Gasteiger partial charge in [-0.3, -0.25) is 14.4 Å². The molecule has 3 N–H and O–H groups in total. The number of carboxylic acid groups (broad SMARTS) is 2. The predicted molar refractivity (Wildman–Crippen MR) is 93.7 cm³/mol. The van der Waals surface area contributed by atoms with Crippen molar-refractivity contribution in [2.24, 2.45) is 5.92 Å². The van der Waals surface area contributed by atoms with Crippen LogP contribution in [0.5, 0.6) is 0 Å². The van der Waals surface area contributed by atoms with E-state index in [9.17, 15) is 24.6 Å². The number of benzene rings is 1. The minimum Gasteiger partial charge on any atom is -0.481 e. The lowest BCUT2D eigenvalue weighted by molar-refractivity contribution is -0.142. The molecule has 0 aliphatic heterocycles. The van der Waals surface area contributed by atoms with Gasteiger partial charge in [-0.15, -0.1) is 0 Å². The van der Waals surface area contributed by atoms with Crippen LogP contribution in [-0.4, -0.2) is 59.6 Å². The summed E-state index contributed by atoms with van der Waals surface area (Å²) in [7, 11) is 3.28. The maximum Gasteiger partial charge on any atom is 0.320 e. The Bertz CT molecular complexity index is 610. The molecule has 0 radical (unpaired) electrons. The van der Waals surface area contributed by atoms with E-state index in [0.717, 1.165) is 0 Å². The number of hydrogen-bond donors (Lipinski definition) is 3. The standard InChI is InChI=1S/C18H26N2O5/c1-11(2)9-15(18(24)25)19-10-14(17(22)23)12-5-7-13(8-6-12)16(21)20(3)4/h5-8,11,14-15,19H,9-10H2,1-4H3,(H,22,23)(H,24,25). The summed E-state index contributed by atoms with van der Waals surface area (Å²) in [5.41, 5.74) is 0.984. The van der Waals surface area contributed by atoms with Crippen LogP contribution in [-0.2, 0) is 9.59 Å². The zero-order valence-electron chi connectivity index (χ0n) is 15.0. The molecule has 25 heavy (non-hydrogen) atoms. The van der Waals surface area contributed by atoms with E-state index in [4.69, 9.17) is 0 Å². The third kappa shape index (κ3) is 6.19. The second kappa shape index (κ2) is 9.17. The number of rotatable bonds is 9. The number of carbonyl (C=O) groups excluding carboxylic acids is 1. The molecule has 0 aliphatic rings. The second-order valence-electron chi connectivity index (χ2n) is 6.64. The number of amides is 1. The monoisotopic (exact) mass is 350 g/mol. The fraction of sp³-hybridized carbons (Fsp3) is 0.500. The van der Waals surface area contributed by atoms with Gasteiger partial charge in [0.1, 0.15) is 6.04 Å². The van der Waals surface area contributed by atoms with Crippen LogP contribution in [0.3, 0.4) is 0 Å². The third-order valence-electron chi connectivity index (χ3n) is 3.84. The maximum absolute atomic E-state index is 11.9. The minimum atomic E-state index is -1.05. The molecule has 2 unspecified atom stereocenters. The van der Waals surface area contributed by atoms with Gasteiger partial charge in [0, 0.05) is 26.2 Å². The fourth-order valence-corrected chi connectivity index (χ4v) is 2.47. The Kier molecular flexibility index (Phi) is 7.57. The van der Waals surface area contributed by atoms with Gasteiger partial charge < -0.3 is 20.4 Å². The average Bonchev–Trinajstić information content (AvgIpc) is 2.52. The molecule has 1 rings (SSSR count). The normalized spacial score (nSPS) is 13.3. The van der Waals surface area contributed by atoms with Gasteiger partial charge in [-0.05, 0) is 30.0 Å². The Morgan fingerprint density at radius 2 is 1.60 bits per heavy atom. The molecule has 0 spiro atoms. The smallest absolute Gasteiger partial charge is 0.320 e. The molecule has 2 atom stereocenters.